The van der Waals surface area contributed by atoms with E-state index in [1.165, 1.54) is 0 Å². The molecule has 0 radical (unpaired) electrons. The Hall–Kier alpha value is -1.95. The molecule has 0 unspecified atom stereocenters. The smallest absolute Gasteiger partial charge is 0.0877 e. The molecule has 1 aliphatic rings. The van der Waals surface area contributed by atoms with E-state index in [2.05, 4.69) is 25.2 Å². The molecule has 0 aromatic heterocycles. The van der Waals surface area contributed by atoms with Crippen LogP contribution in [0, 0.1) is 0 Å². The molecule has 1 aliphatic carbocycles. The molecule has 9 heteroatoms. The van der Waals surface area contributed by atoms with Gasteiger partial charge in [0, 0.05) is 16.2 Å². The SMILES string of the molecule is [N-]=[N+]=N[C@@H]1C[C@@H](O)C/C(=N\O)[C@@H]1N=[N+]=[N-]. The van der Waals surface area contributed by atoms with Gasteiger partial charge in [0.25, 0.3) is 0 Å². The Morgan fingerprint density at radius 3 is 2.47 bits per heavy atom. The van der Waals surface area contributed by atoms with Crippen LogP contribution in [0.1, 0.15) is 12.8 Å². The molecule has 1 fully saturated rings. The second-order valence-electron chi connectivity index (χ2n) is 3.11. The number of hydrogen-bond acceptors (Lipinski definition) is 5. The van der Waals surface area contributed by atoms with Crippen molar-refractivity contribution in [1.82, 2.24) is 0 Å². The van der Waals surface area contributed by atoms with E-state index in [0.29, 0.717) is 0 Å². The topological polar surface area (TPSA) is 150 Å². The van der Waals surface area contributed by atoms with E-state index in [1.807, 2.05) is 0 Å². The lowest BCUT2D eigenvalue weighted by atomic mass is 9.87. The third kappa shape index (κ3) is 2.50. The first kappa shape index (κ1) is 11.1. The average molecular weight is 211 g/mol. The Kier molecular flexibility index (Phi) is 3.75. The maximum atomic E-state index is 9.38. The highest BCUT2D eigenvalue weighted by Crippen LogP contribution is 2.23. The second kappa shape index (κ2) is 5.06. The van der Waals surface area contributed by atoms with Crippen LogP contribution in [-0.2, 0) is 0 Å². The van der Waals surface area contributed by atoms with E-state index in [1.54, 1.807) is 0 Å². The van der Waals surface area contributed by atoms with Gasteiger partial charge in [-0.3, -0.25) is 0 Å². The van der Waals surface area contributed by atoms with E-state index >= 15 is 0 Å². The first-order valence-corrected chi connectivity index (χ1v) is 4.20. The van der Waals surface area contributed by atoms with E-state index in [-0.39, 0.29) is 18.6 Å². The number of aliphatic hydroxyl groups excluding tert-OH is 1. The summed E-state index contributed by atoms with van der Waals surface area (Å²) >= 11 is 0. The molecule has 0 amide bonds. The fourth-order valence-corrected chi connectivity index (χ4v) is 1.55. The van der Waals surface area contributed by atoms with Gasteiger partial charge in [0.15, 0.2) is 0 Å². The van der Waals surface area contributed by atoms with Crippen molar-refractivity contribution in [1.29, 1.82) is 0 Å². The summed E-state index contributed by atoms with van der Waals surface area (Å²) in [7, 11) is 0. The van der Waals surface area contributed by atoms with E-state index in [9.17, 15) is 5.11 Å². The van der Waals surface area contributed by atoms with Crippen molar-refractivity contribution in [2.75, 3.05) is 0 Å². The van der Waals surface area contributed by atoms with Crippen LogP contribution in [0.3, 0.4) is 0 Å². The molecule has 2 N–H and O–H groups in total. The molecule has 1 saturated carbocycles. The Balaban J connectivity index is 3.00. The summed E-state index contributed by atoms with van der Waals surface area (Å²) in [6.45, 7) is 0. The van der Waals surface area contributed by atoms with Crippen molar-refractivity contribution in [2.24, 2.45) is 15.4 Å². The molecular formula is C6H9N7O2. The van der Waals surface area contributed by atoms with Crippen molar-refractivity contribution < 1.29 is 10.3 Å². The summed E-state index contributed by atoms with van der Waals surface area (Å²) in [5.41, 5.74) is 16.7. The van der Waals surface area contributed by atoms with Crippen LogP contribution in [0.15, 0.2) is 15.4 Å². The quantitative estimate of drug-likeness (QED) is 0.233. The predicted molar refractivity (Wildman–Crippen MR) is 50.3 cm³/mol. The van der Waals surface area contributed by atoms with E-state index < -0.39 is 18.2 Å². The van der Waals surface area contributed by atoms with Gasteiger partial charge in [-0.15, -0.1) is 0 Å². The number of nitrogens with zero attached hydrogens (tertiary/aromatic N) is 7. The number of oxime groups is 1. The summed E-state index contributed by atoms with van der Waals surface area (Å²) in [6.07, 6.45) is -0.457. The van der Waals surface area contributed by atoms with Gasteiger partial charge in [-0.05, 0) is 17.5 Å². The maximum absolute atomic E-state index is 9.38. The van der Waals surface area contributed by atoms with Gasteiger partial charge < -0.3 is 10.3 Å². The van der Waals surface area contributed by atoms with Gasteiger partial charge in [-0.2, -0.15) is 0 Å². The van der Waals surface area contributed by atoms with E-state index in [0.717, 1.165) is 0 Å². The lowest BCUT2D eigenvalue weighted by Gasteiger charge is -2.28. The summed E-state index contributed by atoms with van der Waals surface area (Å²) in [5.74, 6) is 0. The summed E-state index contributed by atoms with van der Waals surface area (Å²) in [5, 5.41) is 27.8. The summed E-state index contributed by atoms with van der Waals surface area (Å²) < 4.78 is 0. The molecule has 0 heterocycles. The van der Waals surface area contributed by atoms with Gasteiger partial charge in [0.05, 0.1) is 23.9 Å². The minimum Gasteiger partial charge on any atom is -0.411 e. The average Bonchev–Trinajstić information content (AvgIpc) is 2.22. The first-order valence-electron chi connectivity index (χ1n) is 4.20. The monoisotopic (exact) mass is 211 g/mol. The van der Waals surface area contributed by atoms with Crippen molar-refractivity contribution in [3.63, 3.8) is 0 Å². The van der Waals surface area contributed by atoms with E-state index in [4.69, 9.17) is 16.3 Å². The Bertz CT molecular complexity index is 354. The standard InChI is InChI=1S/C6H9N7O2/c7-12-9-4-1-3(14)2-5(11-15)6(4)10-13-8/h3-4,6,14-15H,1-2H2/b11-5+/t3-,4-,6-/m1/s1. The van der Waals surface area contributed by atoms with Crippen LogP contribution in [0.5, 0.6) is 0 Å². The van der Waals surface area contributed by atoms with Crippen molar-refractivity contribution in [2.45, 2.75) is 31.0 Å². The fraction of sp³-hybridized carbons (Fsp3) is 0.833. The van der Waals surface area contributed by atoms with Gasteiger partial charge in [0.2, 0.25) is 0 Å². The van der Waals surface area contributed by atoms with Crippen LogP contribution < -0.4 is 0 Å². The predicted octanol–water partition coefficient (Wildman–Crippen LogP) is 1.33. The van der Waals surface area contributed by atoms with Gasteiger partial charge in [0.1, 0.15) is 0 Å². The third-order valence-electron chi connectivity index (χ3n) is 2.17. The van der Waals surface area contributed by atoms with Crippen molar-refractivity contribution in [3.8, 4) is 0 Å². The van der Waals surface area contributed by atoms with Crippen molar-refractivity contribution >= 4 is 5.71 Å². The first-order chi connectivity index (χ1) is 7.22. The highest BCUT2D eigenvalue weighted by molar-refractivity contribution is 5.91. The van der Waals surface area contributed by atoms with Gasteiger partial charge in [-0.25, -0.2) is 0 Å². The molecular weight excluding hydrogens is 202 g/mol. The molecule has 1 rings (SSSR count). The number of aliphatic hydroxyl groups is 1. The van der Waals surface area contributed by atoms with Crippen LogP contribution in [0.25, 0.3) is 20.9 Å². The number of hydrogen-bond donors (Lipinski definition) is 2. The molecule has 0 bridgehead atoms. The lowest BCUT2D eigenvalue weighted by Crippen LogP contribution is -2.41. The van der Waals surface area contributed by atoms with Crippen molar-refractivity contribution in [3.05, 3.63) is 20.9 Å². The highest BCUT2D eigenvalue weighted by Gasteiger charge is 2.33. The maximum Gasteiger partial charge on any atom is 0.0877 e. The molecule has 9 nitrogen and oxygen atoms in total. The van der Waals surface area contributed by atoms with Crippen LogP contribution >= 0.6 is 0 Å². The molecule has 0 saturated heterocycles. The van der Waals surface area contributed by atoms with Gasteiger partial charge >= 0.3 is 0 Å². The molecule has 0 aromatic carbocycles. The zero-order chi connectivity index (χ0) is 11.3. The third-order valence-corrected chi connectivity index (χ3v) is 2.17. The van der Waals surface area contributed by atoms with Crippen LogP contribution in [0.2, 0.25) is 0 Å². The Morgan fingerprint density at radius 2 is 1.93 bits per heavy atom. The number of rotatable bonds is 2. The number of azide groups is 2. The molecule has 0 spiro atoms. The largest absolute Gasteiger partial charge is 0.411 e. The molecule has 80 valence electrons. The molecule has 3 atom stereocenters. The minimum atomic E-state index is -0.820. The lowest BCUT2D eigenvalue weighted by molar-refractivity contribution is 0.148. The van der Waals surface area contributed by atoms with Crippen LogP contribution in [0.4, 0.5) is 0 Å². The fourth-order valence-electron chi connectivity index (χ4n) is 1.55. The molecule has 15 heavy (non-hydrogen) atoms. The Morgan fingerprint density at radius 1 is 1.27 bits per heavy atom. The zero-order valence-corrected chi connectivity index (χ0v) is 7.67. The highest BCUT2D eigenvalue weighted by atomic mass is 16.4. The zero-order valence-electron chi connectivity index (χ0n) is 7.67. The second-order valence-corrected chi connectivity index (χ2v) is 3.11. The minimum absolute atomic E-state index is 0.109. The normalized spacial score (nSPS) is 32.9. The summed E-state index contributed by atoms with van der Waals surface area (Å²) in [4.78, 5) is 5.17. The Labute approximate surface area is 84.3 Å². The van der Waals surface area contributed by atoms with Gasteiger partial charge in [-0.1, -0.05) is 15.4 Å². The summed E-state index contributed by atoms with van der Waals surface area (Å²) in [6, 6.07) is -1.53. The van der Waals surface area contributed by atoms with Crippen LogP contribution in [-0.4, -0.2) is 34.2 Å². The molecule has 0 aromatic rings. The molecule has 0 aliphatic heterocycles.